The van der Waals surface area contributed by atoms with Gasteiger partial charge in [0.25, 0.3) is 17.7 Å². The first-order valence-corrected chi connectivity index (χ1v) is 38.7. The van der Waals surface area contributed by atoms with Gasteiger partial charge in [0.05, 0.1) is 65.6 Å². The van der Waals surface area contributed by atoms with E-state index in [-0.39, 0.29) is 115 Å². The average Bonchev–Trinajstić information content (AvgIpc) is 0.784. The summed E-state index contributed by atoms with van der Waals surface area (Å²) >= 11 is 38.6. The second-order valence-electron chi connectivity index (χ2n) is 27.5. The largest absolute Gasteiger partial charge is 0.455 e. The van der Waals surface area contributed by atoms with Crippen LogP contribution in [0.2, 0.25) is 30.1 Å². The van der Waals surface area contributed by atoms with Crippen LogP contribution in [0.1, 0.15) is 72.6 Å². The van der Waals surface area contributed by atoms with Gasteiger partial charge in [-0.15, -0.1) is 0 Å². The second-order valence-corrected chi connectivity index (χ2v) is 30.8. The van der Waals surface area contributed by atoms with E-state index in [0.717, 1.165) is 17.9 Å². The van der Waals surface area contributed by atoms with Crippen LogP contribution in [0.4, 0.5) is 72.8 Å². The van der Waals surface area contributed by atoms with Crippen LogP contribution in [0.15, 0.2) is 145 Å². The maximum atomic E-state index is 13.1. The van der Waals surface area contributed by atoms with Crippen LogP contribution in [-0.4, -0.2) is 189 Å². The van der Waals surface area contributed by atoms with Crippen LogP contribution in [0, 0.1) is 0 Å². The number of carbonyl (C=O) groups is 8. The van der Waals surface area contributed by atoms with Crippen molar-refractivity contribution in [3.8, 4) is 17.6 Å². The number of nitrogens with zero attached hydrogens (tertiary/aromatic N) is 15. The van der Waals surface area contributed by atoms with E-state index in [0.29, 0.717) is 115 Å². The van der Waals surface area contributed by atoms with Crippen LogP contribution in [0.3, 0.4) is 0 Å². The number of rotatable bonds is 11. The van der Waals surface area contributed by atoms with E-state index in [4.69, 9.17) is 99.0 Å². The summed E-state index contributed by atoms with van der Waals surface area (Å²) in [6.07, 6.45) is 6.61. The Hall–Kier alpha value is -11.3. The van der Waals surface area contributed by atoms with Gasteiger partial charge in [-0.1, -0.05) is 99.6 Å². The monoisotopic (exact) mass is 1700 g/mol. The third-order valence-electron chi connectivity index (χ3n) is 17.2. The summed E-state index contributed by atoms with van der Waals surface area (Å²) in [5, 5.41) is 11.8. The molecule has 4 aromatic heterocycles. The molecule has 3 fully saturated rings. The zero-order valence-electron chi connectivity index (χ0n) is 62.5. The van der Waals surface area contributed by atoms with E-state index in [2.05, 4.69) is 50.8 Å². The first kappa shape index (κ1) is 83.1. The zero-order valence-corrected chi connectivity index (χ0v) is 67.9. The molecule has 10 heterocycles. The summed E-state index contributed by atoms with van der Waals surface area (Å²) in [6, 6.07) is 32.9. The van der Waals surface area contributed by atoms with Crippen LogP contribution in [0.5, 0.6) is 17.6 Å². The quantitative estimate of drug-likeness (QED) is 0.0690. The molecule has 0 aliphatic carbocycles. The predicted molar refractivity (Wildman–Crippen MR) is 438 cm³/mol. The van der Waals surface area contributed by atoms with Crippen molar-refractivity contribution in [2.24, 2.45) is 0 Å². The third-order valence-corrected chi connectivity index (χ3v) is 19.6. The maximum Gasteiger partial charge on any atom is 0.410 e. The Morgan fingerprint density at radius 3 is 1.21 bits per heavy atom. The molecule has 5 N–H and O–H groups in total. The normalized spacial score (nSPS) is 15.4. The van der Waals surface area contributed by atoms with E-state index in [1.807, 2.05) is 30.5 Å². The highest BCUT2D eigenvalue weighted by molar-refractivity contribution is 7.98. The molecule has 0 bridgehead atoms. The number of ether oxygens (including phenoxy) is 5. The number of para-hydroxylation sites is 3. The number of nitrogen functional groups attached to an aromatic ring is 1. The number of hydrogen-bond donors (Lipinski definition) is 4. The van der Waals surface area contributed by atoms with Gasteiger partial charge in [-0.25, -0.2) is 29.5 Å². The fourth-order valence-corrected chi connectivity index (χ4v) is 13.9. The number of nitrogens with one attached hydrogen (secondary N) is 3. The fourth-order valence-electron chi connectivity index (χ4n) is 11.8. The number of anilines is 11. The number of benzene rings is 5. The van der Waals surface area contributed by atoms with Crippen molar-refractivity contribution in [3.05, 3.63) is 187 Å². The van der Waals surface area contributed by atoms with Crippen LogP contribution in [-0.2, 0) is 23.9 Å². The summed E-state index contributed by atoms with van der Waals surface area (Å²) in [7, 11) is 0. The third kappa shape index (κ3) is 20.1. The standard InChI is InChI=1S/C27H26Cl2N6O5.C22H18Cl2N6O3.C14H20N4O3.C13H9Cl2N3O2S/c1-27(2,3)40-26(38)33-11-12-34(21(36)14-33)17-9-7-16(8-10-17)31-25-30-13-18-23(32-25)39-15-35(24(18)37)22-19(28)5-4-6-20(22)29;23-16-2-1-3-17(24)19(16)30-12-33-20-15(21(30)32)10-26-22(28-20)27-13-4-6-14(7-5-13)29-9-8-25-11-18(29)31;1-14(2,3)21-13(20)17-6-7-18(12(19)9-17)11-5-4-10(15)8-16-11;1-21-13-16-5-7-11(17-13)20-6-18(12(7)19)10-8(14)3-2-4-9(10)15/h4-10,13H,11-12,14-15H2,1-3H3,(H,30,31,32);1-7,10,25H,8-9,11-12H2,(H,26,27,28);4-5,8H,6-7,9,15H2,1-3H3;2-5H,6H2,1H3. The Morgan fingerprint density at radius 2 is 0.843 bits per heavy atom. The van der Waals surface area contributed by atoms with Gasteiger partial charge in [-0.3, -0.25) is 58.2 Å². The van der Waals surface area contributed by atoms with Gasteiger partial charge >= 0.3 is 12.2 Å². The summed E-state index contributed by atoms with van der Waals surface area (Å²) in [6.45, 7) is 13.7. The molecular weight excluding hydrogens is 1630 g/mol. The van der Waals surface area contributed by atoms with E-state index in [1.54, 1.807) is 147 Å². The predicted octanol–water partition coefficient (Wildman–Crippen LogP) is 13.3. The number of halogens is 6. The van der Waals surface area contributed by atoms with Crippen LogP contribution in [0.25, 0.3) is 0 Å². The minimum absolute atomic E-state index is 0.000120. The Labute approximate surface area is 693 Å². The number of nitrogens with two attached hydrogens (primary N) is 1. The molecule has 32 nitrogen and oxygen atoms in total. The molecule has 3 saturated heterocycles. The summed E-state index contributed by atoms with van der Waals surface area (Å²) in [5.41, 5.74) is 9.64. The van der Waals surface area contributed by atoms with Crippen LogP contribution < -0.4 is 65.3 Å². The molecule has 0 unspecified atom stereocenters. The fraction of sp³-hybridized carbons (Fsp3) is 0.276. The number of piperazine rings is 3. The summed E-state index contributed by atoms with van der Waals surface area (Å²) in [4.78, 5) is 141. The molecule has 0 saturated carbocycles. The topological polar surface area (TPSA) is 361 Å². The molecule has 6 aliphatic heterocycles. The Morgan fingerprint density at radius 1 is 0.461 bits per heavy atom. The molecule has 9 aromatic rings. The Kier molecular flexibility index (Phi) is 26.0. The number of hydrogen-bond acceptors (Lipinski definition) is 25. The summed E-state index contributed by atoms with van der Waals surface area (Å²) in [5.74, 6) is 0.222. The first-order chi connectivity index (χ1) is 54.9. The molecule has 598 valence electrons. The molecule has 39 heteroatoms. The van der Waals surface area contributed by atoms with Gasteiger partial charge in [0, 0.05) is 80.6 Å². The van der Waals surface area contributed by atoms with Crippen molar-refractivity contribution >= 4 is 192 Å². The van der Waals surface area contributed by atoms with E-state index in [9.17, 15) is 38.4 Å². The van der Waals surface area contributed by atoms with E-state index < -0.39 is 23.4 Å². The van der Waals surface area contributed by atoms with Gasteiger partial charge in [-0.2, -0.15) is 15.0 Å². The number of carbonyl (C=O) groups excluding carboxylic acids is 8. The highest BCUT2D eigenvalue weighted by Gasteiger charge is 2.37. The van der Waals surface area contributed by atoms with Gasteiger partial charge in [0.2, 0.25) is 47.3 Å². The maximum absolute atomic E-state index is 13.1. The van der Waals surface area contributed by atoms with Gasteiger partial charge in [0.1, 0.15) is 46.8 Å². The van der Waals surface area contributed by atoms with Crippen molar-refractivity contribution < 1.29 is 62.0 Å². The molecule has 5 aromatic carbocycles. The Balaban J connectivity index is 0.000000147. The highest BCUT2D eigenvalue weighted by atomic mass is 35.5. The molecule has 0 atom stereocenters. The highest BCUT2D eigenvalue weighted by Crippen LogP contribution is 2.41. The van der Waals surface area contributed by atoms with Crippen LogP contribution >= 0.6 is 81.4 Å². The van der Waals surface area contributed by atoms with Crippen molar-refractivity contribution in [3.63, 3.8) is 0 Å². The van der Waals surface area contributed by atoms with Gasteiger partial charge < -0.3 is 55.2 Å². The number of fused-ring (bicyclic) bond motifs is 3. The van der Waals surface area contributed by atoms with Crippen molar-refractivity contribution in [2.45, 2.75) is 57.9 Å². The molecule has 0 radical (unpaired) electrons. The minimum Gasteiger partial charge on any atom is -0.455 e. The lowest BCUT2D eigenvalue weighted by Gasteiger charge is -2.35. The molecule has 115 heavy (non-hydrogen) atoms. The second kappa shape index (κ2) is 36.0. The smallest absolute Gasteiger partial charge is 0.410 e. The molecule has 0 spiro atoms. The molecule has 8 amide bonds. The molecular formula is C76H73Cl6N19O13S. The van der Waals surface area contributed by atoms with Crippen molar-refractivity contribution in [1.29, 1.82) is 0 Å². The van der Waals surface area contributed by atoms with Gasteiger partial charge in [0.15, 0.2) is 25.3 Å². The lowest BCUT2D eigenvalue weighted by molar-refractivity contribution is -0.121. The van der Waals surface area contributed by atoms with E-state index >= 15 is 0 Å². The lowest BCUT2D eigenvalue weighted by Crippen LogP contribution is -2.53. The average molecular weight is 1710 g/mol. The minimum atomic E-state index is -0.630. The number of pyridine rings is 1. The number of amides is 8. The van der Waals surface area contributed by atoms with Crippen molar-refractivity contribution in [2.75, 3.05) is 131 Å². The Bertz CT molecular complexity index is 5150. The van der Waals surface area contributed by atoms with Crippen molar-refractivity contribution in [1.82, 2.24) is 50.0 Å². The van der Waals surface area contributed by atoms with Gasteiger partial charge in [-0.05, 0) is 145 Å². The number of thioether (sulfide) groups is 1. The van der Waals surface area contributed by atoms with E-state index in [1.165, 1.54) is 61.0 Å². The molecule has 6 aliphatic rings. The lowest BCUT2D eigenvalue weighted by atomic mass is 10.2. The molecule has 15 rings (SSSR count). The SMILES string of the molecule is CC(C)(C)OC(=O)N1CCN(c2ccc(N)cn2)C(=O)C1.CC(C)(C)OC(=O)N1CCN(c2ccc(Nc3ncc4c(n3)OCN(c3c(Cl)cccc3Cl)C4=O)cc2)C(=O)C1.CSc1ncc2c(n1)OCN(c1c(Cl)cccc1Cl)C2=O.O=C1CNCCN1c1ccc(Nc2ncc3c(n2)OCN(c2c(Cl)cccc2Cl)C3=O)cc1. The zero-order chi connectivity index (χ0) is 82.2. The first-order valence-electron chi connectivity index (χ1n) is 35.2. The summed E-state index contributed by atoms with van der Waals surface area (Å²) < 4.78 is 27.6. The number of aromatic nitrogens is 7.